The maximum Gasteiger partial charge on any atom is 0.336 e. The summed E-state index contributed by atoms with van der Waals surface area (Å²) < 4.78 is 5.70. The van der Waals surface area contributed by atoms with Crippen LogP contribution < -0.4 is 0 Å². The van der Waals surface area contributed by atoms with Crippen LogP contribution in [0.3, 0.4) is 0 Å². The molecule has 0 aliphatic rings. The number of oxazole rings is 1. The van der Waals surface area contributed by atoms with Crippen LogP contribution in [0.4, 0.5) is 0 Å². The predicted molar refractivity (Wildman–Crippen MR) is 80.9 cm³/mol. The van der Waals surface area contributed by atoms with E-state index in [0.29, 0.717) is 33.1 Å². The van der Waals surface area contributed by atoms with Crippen molar-refractivity contribution in [3.8, 4) is 11.5 Å². The molecule has 3 rings (SSSR count). The highest BCUT2D eigenvalue weighted by Gasteiger charge is 2.21. The monoisotopic (exact) mass is 301 g/mol. The third-order valence-corrected chi connectivity index (χ3v) is 3.63. The van der Waals surface area contributed by atoms with Gasteiger partial charge in [-0.1, -0.05) is 23.7 Å². The Hall–Kier alpha value is -2.33. The number of hydrogen-bond donors (Lipinski definition) is 1. The van der Waals surface area contributed by atoms with Gasteiger partial charge in [0.05, 0.1) is 11.1 Å². The highest BCUT2D eigenvalue weighted by Crippen LogP contribution is 2.32. The quantitative estimate of drug-likeness (QED) is 0.759. The Kier molecular flexibility index (Phi) is 3.18. The highest BCUT2D eigenvalue weighted by atomic mass is 35.5. The minimum Gasteiger partial charge on any atom is -0.478 e. The van der Waals surface area contributed by atoms with Crippen LogP contribution in [0.5, 0.6) is 0 Å². The molecule has 3 aromatic rings. The lowest BCUT2D eigenvalue weighted by Gasteiger charge is -2.09. The van der Waals surface area contributed by atoms with Gasteiger partial charge in [-0.25, -0.2) is 9.78 Å². The second kappa shape index (κ2) is 4.90. The topological polar surface area (TPSA) is 63.3 Å². The molecule has 0 spiro atoms. The number of aromatic nitrogens is 1. The zero-order valence-electron chi connectivity index (χ0n) is 11.5. The first-order chi connectivity index (χ1) is 9.97. The number of hydrogen-bond acceptors (Lipinski definition) is 3. The van der Waals surface area contributed by atoms with Gasteiger partial charge in [-0.05, 0) is 43.2 Å². The second-order valence-electron chi connectivity index (χ2n) is 4.89. The van der Waals surface area contributed by atoms with Crippen LogP contribution in [0.2, 0.25) is 5.02 Å². The van der Waals surface area contributed by atoms with Gasteiger partial charge in [0, 0.05) is 5.02 Å². The summed E-state index contributed by atoms with van der Waals surface area (Å²) in [5.74, 6) is -0.697. The fourth-order valence-electron chi connectivity index (χ4n) is 2.37. The summed E-state index contributed by atoms with van der Waals surface area (Å²) in [4.78, 5) is 15.9. The molecule has 0 fully saturated rings. The van der Waals surface area contributed by atoms with Gasteiger partial charge in [0.1, 0.15) is 5.52 Å². The summed E-state index contributed by atoms with van der Waals surface area (Å²) in [5, 5.41) is 10.0. The fraction of sp³-hybridized carbons (Fsp3) is 0.125. The average Bonchev–Trinajstić information content (AvgIpc) is 2.83. The van der Waals surface area contributed by atoms with Crippen LogP contribution in [0.25, 0.3) is 22.6 Å². The Bertz CT molecular complexity index is 867. The molecule has 0 radical (unpaired) electrons. The summed E-state index contributed by atoms with van der Waals surface area (Å²) >= 11 is 5.94. The normalized spacial score (nSPS) is 11.0. The number of carbonyl (C=O) groups is 1. The van der Waals surface area contributed by atoms with Crippen molar-refractivity contribution in [3.05, 3.63) is 52.0 Å². The SMILES string of the molecule is Cc1ccc(C)c(-c2nc3cc(Cl)ccc3o2)c1C(=O)O. The van der Waals surface area contributed by atoms with Crippen molar-refractivity contribution in [2.45, 2.75) is 13.8 Å². The number of carboxylic acid groups (broad SMARTS) is 1. The van der Waals surface area contributed by atoms with Crippen LogP contribution >= 0.6 is 11.6 Å². The highest BCUT2D eigenvalue weighted by molar-refractivity contribution is 6.31. The third kappa shape index (κ3) is 2.28. The lowest BCUT2D eigenvalue weighted by atomic mass is 9.97. The maximum atomic E-state index is 11.5. The Balaban J connectivity index is 2.32. The van der Waals surface area contributed by atoms with Crippen LogP contribution in [-0.2, 0) is 0 Å². The number of benzene rings is 2. The van der Waals surface area contributed by atoms with Crippen molar-refractivity contribution in [1.29, 1.82) is 0 Å². The van der Waals surface area contributed by atoms with Crippen molar-refractivity contribution in [2.75, 3.05) is 0 Å². The molecule has 0 aliphatic carbocycles. The van der Waals surface area contributed by atoms with Crippen molar-refractivity contribution in [1.82, 2.24) is 4.98 Å². The second-order valence-corrected chi connectivity index (χ2v) is 5.32. The first kappa shape index (κ1) is 13.6. The van der Waals surface area contributed by atoms with Crippen LogP contribution in [-0.4, -0.2) is 16.1 Å². The molecule has 0 amide bonds. The van der Waals surface area contributed by atoms with E-state index < -0.39 is 5.97 Å². The molecule has 0 atom stereocenters. The summed E-state index contributed by atoms with van der Waals surface area (Å²) in [6.07, 6.45) is 0. The van der Waals surface area contributed by atoms with Crippen LogP contribution in [0.1, 0.15) is 21.5 Å². The first-order valence-corrected chi connectivity index (χ1v) is 6.75. The molecule has 5 heteroatoms. The number of aryl methyl sites for hydroxylation is 2. The Labute approximate surface area is 126 Å². The molecule has 0 saturated heterocycles. The van der Waals surface area contributed by atoms with Gasteiger partial charge in [0.2, 0.25) is 5.89 Å². The number of aromatic carboxylic acids is 1. The van der Waals surface area contributed by atoms with E-state index in [1.807, 2.05) is 13.0 Å². The molecule has 1 aromatic heterocycles. The number of carboxylic acids is 1. The molecule has 0 aliphatic heterocycles. The van der Waals surface area contributed by atoms with Gasteiger partial charge in [-0.15, -0.1) is 0 Å². The number of fused-ring (bicyclic) bond motifs is 1. The molecule has 2 aromatic carbocycles. The van der Waals surface area contributed by atoms with E-state index in [4.69, 9.17) is 16.0 Å². The van der Waals surface area contributed by atoms with Gasteiger partial charge in [0.15, 0.2) is 5.58 Å². The lowest BCUT2D eigenvalue weighted by Crippen LogP contribution is -2.04. The van der Waals surface area contributed by atoms with Crippen molar-refractivity contribution in [2.24, 2.45) is 0 Å². The fourth-order valence-corrected chi connectivity index (χ4v) is 2.54. The Morgan fingerprint density at radius 2 is 1.90 bits per heavy atom. The number of halogens is 1. The Morgan fingerprint density at radius 1 is 1.19 bits per heavy atom. The summed E-state index contributed by atoms with van der Waals surface area (Å²) in [6, 6.07) is 8.76. The van der Waals surface area contributed by atoms with E-state index in [2.05, 4.69) is 4.98 Å². The standard InChI is InChI=1S/C16H12ClNO3/c1-8-3-4-9(2)14(16(19)20)13(8)15-18-11-7-10(17)5-6-12(11)21-15/h3-7H,1-2H3,(H,19,20). The van der Waals surface area contributed by atoms with Gasteiger partial charge >= 0.3 is 5.97 Å². The summed E-state index contributed by atoms with van der Waals surface area (Å²) in [6.45, 7) is 3.59. The van der Waals surface area contributed by atoms with Gasteiger partial charge in [-0.2, -0.15) is 0 Å². The molecule has 4 nitrogen and oxygen atoms in total. The van der Waals surface area contributed by atoms with Crippen LogP contribution in [0, 0.1) is 13.8 Å². The lowest BCUT2D eigenvalue weighted by molar-refractivity contribution is 0.0696. The largest absolute Gasteiger partial charge is 0.478 e. The van der Waals surface area contributed by atoms with E-state index in [-0.39, 0.29) is 5.56 Å². The van der Waals surface area contributed by atoms with Gasteiger partial charge < -0.3 is 9.52 Å². The molecule has 106 valence electrons. The van der Waals surface area contributed by atoms with E-state index in [0.717, 1.165) is 5.56 Å². The van der Waals surface area contributed by atoms with Crippen molar-refractivity contribution >= 4 is 28.7 Å². The summed E-state index contributed by atoms with van der Waals surface area (Å²) in [5.41, 5.74) is 3.38. The van der Waals surface area contributed by atoms with Crippen molar-refractivity contribution < 1.29 is 14.3 Å². The molecular formula is C16H12ClNO3. The van der Waals surface area contributed by atoms with E-state index >= 15 is 0 Å². The molecule has 0 unspecified atom stereocenters. The van der Waals surface area contributed by atoms with Crippen LogP contribution in [0.15, 0.2) is 34.7 Å². The molecule has 21 heavy (non-hydrogen) atoms. The molecule has 1 heterocycles. The predicted octanol–water partition coefficient (Wildman–Crippen LogP) is 4.46. The minimum absolute atomic E-state index is 0.215. The third-order valence-electron chi connectivity index (χ3n) is 3.40. The number of rotatable bonds is 2. The summed E-state index contributed by atoms with van der Waals surface area (Å²) in [7, 11) is 0. The zero-order valence-corrected chi connectivity index (χ0v) is 12.2. The molecule has 1 N–H and O–H groups in total. The van der Waals surface area contributed by atoms with E-state index in [1.165, 1.54) is 0 Å². The first-order valence-electron chi connectivity index (χ1n) is 6.37. The van der Waals surface area contributed by atoms with E-state index in [1.54, 1.807) is 31.2 Å². The van der Waals surface area contributed by atoms with Gasteiger partial charge in [0.25, 0.3) is 0 Å². The Morgan fingerprint density at radius 3 is 2.62 bits per heavy atom. The van der Waals surface area contributed by atoms with Gasteiger partial charge in [-0.3, -0.25) is 0 Å². The zero-order chi connectivity index (χ0) is 15.1. The smallest absolute Gasteiger partial charge is 0.336 e. The van der Waals surface area contributed by atoms with E-state index in [9.17, 15) is 9.90 Å². The minimum atomic E-state index is -0.994. The molecule has 0 saturated carbocycles. The molecular weight excluding hydrogens is 290 g/mol. The average molecular weight is 302 g/mol. The number of nitrogens with zero attached hydrogens (tertiary/aromatic N) is 1. The molecule has 0 bridgehead atoms. The van der Waals surface area contributed by atoms with Crippen molar-refractivity contribution in [3.63, 3.8) is 0 Å². The maximum absolute atomic E-state index is 11.5.